The van der Waals surface area contributed by atoms with E-state index >= 15 is 0 Å². The van der Waals surface area contributed by atoms with Crippen molar-refractivity contribution in [1.82, 2.24) is 19.9 Å². The molecule has 0 saturated carbocycles. The fourth-order valence-electron chi connectivity index (χ4n) is 2.38. The maximum atomic E-state index is 4.54. The lowest BCUT2D eigenvalue weighted by Crippen LogP contribution is -2.18. The van der Waals surface area contributed by atoms with Crippen LogP contribution in [0.2, 0.25) is 0 Å². The SMILES string of the molecule is Cc1cnc(NCCNc2ccccn2)nc1NCCNc1ccccn1. The van der Waals surface area contributed by atoms with Gasteiger partial charge in [0.1, 0.15) is 17.5 Å². The second kappa shape index (κ2) is 9.91. The molecule has 0 aliphatic heterocycles. The molecule has 27 heavy (non-hydrogen) atoms. The molecule has 3 aromatic heterocycles. The predicted octanol–water partition coefficient (Wildman–Crippen LogP) is 2.62. The van der Waals surface area contributed by atoms with Crippen molar-refractivity contribution >= 4 is 23.4 Å². The van der Waals surface area contributed by atoms with E-state index < -0.39 is 0 Å². The van der Waals surface area contributed by atoms with Crippen LogP contribution in [0.1, 0.15) is 5.56 Å². The van der Waals surface area contributed by atoms with Crippen molar-refractivity contribution in [3.63, 3.8) is 0 Å². The molecule has 140 valence electrons. The fourth-order valence-corrected chi connectivity index (χ4v) is 2.38. The molecule has 0 aromatic carbocycles. The smallest absolute Gasteiger partial charge is 0.224 e. The van der Waals surface area contributed by atoms with E-state index in [9.17, 15) is 0 Å². The maximum absolute atomic E-state index is 4.54. The Morgan fingerprint density at radius 3 is 1.89 bits per heavy atom. The van der Waals surface area contributed by atoms with E-state index in [0.29, 0.717) is 12.5 Å². The summed E-state index contributed by atoms with van der Waals surface area (Å²) in [7, 11) is 0. The van der Waals surface area contributed by atoms with Crippen molar-refractivity contribution in [2.24, 2.45) is 0 Å². The Bertz CT molecular complexity index is 810. The summed E-state index contributed by atoms with van der Waals surface area (Å²) in [5.74, 6) is 3.14. The standard InChI is InChI=1S/C19H24N8/c1-15-14-26-19(25-13-11-23-17-7-3-5-9-21-17)27-18(15)24-12-10-22-16-6-2-4-8-20-16/h2-9,14H,10-13H2,1H3,(H,20,22)(H,21,23)(H2,24,25,26,27). The molecule has 0 aliphatic rings. The second-order valence-corrected chi connectivity index (χ2v) is 5.86. The number of anilines is 4. The van der Waals surface area contributed by atoms with Gasteiger partial charge in [0.2, 0.25) is 5.95 Å². The van der Waals surface area contributed by atoms with E-state index in [2.05, 4.69) is 41.2 Å². The zero-order valence-corrected chi connectivity index (χ0v) is 15.3. The average molecular weight is 364 g/mol. The molecule has 4 N–H and O–H groups in total. The minimum atomic E-state index is 0.601. The number of hydrogen-bond acceptors (Lipinski definition) is 8. The number of hydrogen-bond donors (Lipinski definition) is 4. The first-order valence-electron chi connectivity index (χ1n) is 8.92. The summed E-state index contributed by atoms with van der Waals surface area (Å²) >= 11 is 0. The molecule has 0 unspecified atom stereocenters. The number of aromatic nitrogens is 4. The summed E-state index contributed by atoms with van der Waals surface area (Å²) in [5.41, 5.74) is 1.00. The molecule has 0 radical (unpaired) electrons. The van der Waals surface area contributed by atoms with Gasteiger partial charge < -0.3 is 21.3 Å². The van der Waals surface area contributed by atoms with Gasteiger partial charge in [-0.15, -0.1) is 0 Å². The van der Waals surface area contributed by atoms with Crippen LogP contribution in [0.4, 0.5) is 23.4 Å². The van der Waals surface area contributed by atoms with Gasteiger partial charge in [-0.05, 0) is 31.2 Å². The third kappa shape index (κ3) is 6.10. The number of aryl methyl sites for hydroxylation is 1. The van der Waals surface area contributed by atoms with Gasteiger partial charge in [0.25, 0.3) is 0 Å². The van der Waals surface area contributed by atoms with E-state index in [4.69, 9.17) is 0 Å². The quantitative estimate of drug-likeness (QED) is 0.408. The van der Waals surface area contributed by atoms with Gasteiger partial charge in [-0.2, -0.15) is 4.98 Å². The Balaban J connectivity index is 1.41. The number of nitrogens with zero attached hydrogens (tertiary/aromatic N) is 4. The second-order valence-electron chi connectivity index (χ2n) is 5.86. The Hall–Kier alpha value is -3.42. The van der Waals surface area contributed by atoms with E-state index in [0.717, 1.165) is 42.7 Å². The third-order valence-electron chi connectivity index (χ3n) is 3.74. The first kappa shape index (κ1) is 18.4. The monoisotopic (exact) mass is 364 g/mol. The third-order valence-corrected chi connectivity index (χ3v) is 3.74. The summed E-state index contributed by atoms with van der Waals surface area (Å²) < 4.78 is 0. The van der Waals surface area contributed by atoms with Gasteiger partial charge in [0.15, 0.2) is 0 Å². The first-order valence-corrected chi connectivity index (χ1v) is 8.92. The van der Waals surface area contributed by atoms with E-state index in [1.165, 1.54) is 0 Å². The van der Waals surface area contributed by atoms with Crippen molar-refractivity contribution in [2.45, 2.75) is 6.92 Å². The van der Waals surface area contributed by atoms with Crippen LogP contribution in [0.3, 0.4) is 0 Å². The summed E-state index contributed by atoms with van der Waals surface area (Å²) in [5, 5.41) is 13.1. The largest absolute Gasteiger partial charge is 0.368 e. The molecule has 0 aliphatic carbocycles. The fraction of sp³-hybridized carbons (Fsp3) is 0.263. The molecular weight excluding hydrogens is 340 g/mol. The van der Waals surface area contributed by atoms with E-state index in [1.807, 2.05) is 49.5 Å². The zero-order chi connectivity index (χ0) is 18.7. The molecule has 8 nitrogen and oxygen atoms in total. The number of pyridine rings is 2. The maximum Gasteiger partial charge on any atom is 0.224 e. The van der Waals surface area contributed by atoms with Gasteiger partial charge in [0, 0.05) is 50.3 Å². The number of rotatable bonds is 10. The Morgan fingerprint density at radius 2 is 1.30 bits per heavy atom. The molecule has 0 bridgehead atoms. The lowest BCUT2D eigenvalue weighted by atomic mass is 10.3. The van der Waals surface area contributed by atoms with Crippen LogP contribution in [0.15, 0.2) is 55.0 Å². The highest BCUT2D eigenvalue weighted by Crippen LogP contribution is 2.12. The highest BCUT2D eigenvalue weighted by Gasteiger charge is 2.03. The normalized spacial score (nSPS) is 10.3. The number of nitrogens with one attached hydrogen (secondary N) is 4. The highest BCUT2D eigenvalue weighted by molar-refractivity contribution is 5.47. The lowest BCUT2D eigenvalue weighted by Gasteiger charge is -2.12. The summed E-state index contributed by atoms with van der Waals surface area (Å²) in [6.07, 6.45) is 5.35. The molecule has 0 amide bonds. The minimum Gasteiger partial charge on any atom is -0.368 e. The van der Waals surface area contributed by atoms with Crippen LogP contribution >= 0.6 is 0 Å². The van der Waals surface area contributed by atoms with Gasteiger partial charge >= 0.3 is 0 Å². The Morgan fingerprint density at radius 1 is 0.704 bits per heavy atom. The van der Waals surface area contributed by atoms with Gasteiger partial charge in [-0.3, -0.25) is 0 Å². The molecule has 3 aromatic rings. The summed E-state index contributed by atoms with van der Waals surface area (Å²) in [6, 6.07) is 11.6. The van der Waals surface area contributed by atoms with E-state index in [1.54, 1.807) is 12.4 Å². The van der Waals surface area contributed by atoms with Crippen molar-refractivity contribution in [1.29, 1.82) is 0 Å². The van der Waals surface area contributed by atoms with Crippen LogP contribution in [-0.2, 0) is 0 Å². The first-order chi connectivity index (χ1) is 13.3. The molecule has 3 heterocycles. The van der Waals surface area contributed by atoms with Crippen LogP contribution in [-0.4, -0.2) is 46.1 Å². The Kier molecular flexibility index (Phi) is 6.74. The van der Waals surface area contributed by atoms with Crippen LogP contribution < -0.4 is 21.3 Å². The minimum absolute atomic E-state index is 0.601. The molecule has 0 fully saturated rings. The zero-order valence-electron chi connectivity index (χ0n) is 15.3. The van der Waals surface area contributed by atoms with Crippen molar-refractivity contribution < 1.29 is 0 Å². The van der Waals surface area contributed by atoms with Crippen molar-refractivity contribution in [3.05, 3.63) is 60.6 Å². The molecule has 0 saturated heterocycles. The average Bonchev–Trinajstić information content (AvgIpc) is 2.72. The van der Waals surface area contributed by atoms with Crippen molar-refractivity contribution in [3.8, 4) is 0 Å². The molecule has 8 heteroatoms. The highest BCUT2D eigenvalue weighted by atomic mass is 15.2. The topological polar surface area (TPSA) is 99.7 Å². The molecule has 3 rings (SSSR count). The van der Waals surface area contributed by atoms with E-state index in [-0.39, 0.29) is 0 Å². The lowest BCUT2D eigenvalue weighted by molar-refractivity contribution is 0.993. The van der Waals surface area contributed by atoms with Gasteiger partial charge in [0.05, 0.1) is 0 Å². The molecular formula is C19H24N8. The van der Waals surface area contributed by atoms with Gasteiger partial charge in [-0.25, -0.2) is 15.0 Å². The molecule has 0 spiro atoms. The van der Waals surface area contributed by atoms with Crippen molar-refractivity contribution in [2.75, 3.05) is 47.4 Å². The Labute approximate surface area is 158 Å². The van der Waals surface area contributed by atoms with Crippen LogP contribution in [0.5, 0.6) is 0 Å². The summed E-state index contributed by atoms with van der Waals surface area (Å²) in [4.78, 5) is 17.3. The van der Waals surface area contributed by atoms with Crippen LogP contribution in [0, 0.1) is 6.92 Å². The van der Waals surface area contributed by atoms with Gasteiger partial charge in [-0.1, -0.05) is 12.1 Å². The molecule has 0 atom stereocenters. The summed E-state index contributed by atoms with van der Waals surface area (Å²) in [6.45, 7) is 4.89. The van der Waals surface area contributed by atoms with Crippen LogP contribution in [0.25, 0.3) is 0 Å². The predicted molar refractivity (Wildman–Crippen MR) is 109 cm³/mol.